The molecule has 2 aromatic rings. The quantitative estimate of drug-likeness (QED) is 0.782. The van der Waals surface area contributed by atoms with E-state index in [0.717, 1.165) is 18.4 Å². The average molecular weight is 379 g/mol. The summed E-state index contributed by atoms with van der Waals surface area (Å²) in [5.74, 6) is 0.417. The van der Waals surface area contributed by atoms with Gasteiger partial charge in [-0.15, -0.1) is 0 Å². The Morgan fingerprint density at radius 3 is 2.11 bits per heavy atom. The predicted molar refractivity (Wildman–Crippen MR) is 112 cm³/mol. The van der Waals surface area contributed by atoms with Crippen LogP contribution in [0.3, 0.4) is 0 Å². The Kier molecular flexibility index (Phi) is 6.50. The van der Waals surface area contributed by atoms with Crippen LogP contribution in [0.15, 0.2) is 54.6 Å². The molecule has 0 saturated carbocycles. The van der Waals surface area contributed by atoms with Crippen LogP contribution >= 0.6 is 0 Å². The van der Waals surface area contributed by atoms with Crippen molar-refractivity contribution < 1.29 is 9.59 Å². The molecule has 0 unspecified atom stereocenters. The minimum Gasteiger partial charge on any atom is -0.342 e. The van der Waals surface area contributed by atoms with Crippen molar-refractivity contribution >= 4 is 11.8 Å². The van der Waals surface area contributed by atoms with Crippen LogP contribution in [0.4, 0.5) is 0 Å². The van der Waals surface area contributed by atoms with Gasteiger partial charge in [-0.3, -0.25) is 9.59 Å². The van der Waals surface area contributed by atoms with Crippen LogP contribution in [0.5, 0.6) is 0 Å². The average Bonchev–Trinajstić information content (AvgIpc) is 2.74. The molecule has 3 rings (SSSR count). The fourth-order valence-electron chi connectivity index (χ4n) is 3.81. The van der Waals surface area contributed by atoms with Gasteiger partial charge in [0.1, 0.15) is 0 Å². The number of nitrogens with zero attached hydrogens (tertiary/aromatic N) is 2. The highest BCUT2D eigenvalue weighted by molar-refractivity contribution is 5.80. The minimum absolute atomic E-state index is 0.0183. The Hall–Kier alpha value is -2.62. The Labute approximate surface area is 168 Å². The zero-order valence-electron chi connectivity index (χ0n) is 17.1. The maximum atomic E-state index is 12.8. The highest BCUT2D eigenvalue weighted by Gasteiger charge is 2.29. The molecule has 4 nitrogen and oxygen atoms in total. The smallest absolute Gasteiger partial charge is 0.225 e. The highest BCUT2D eigenvalue weighted by atomic mass is 16.2. The van der Waals surface area contributed by atoms with E-state index >= 15 is 0 Å². The molecule has 1 aliphatic rings. The van der Waals surface area contributed by atoms with Gasteiger partial charge in [-0.05, 0) is 29.5 Å². The van der Waals surface area contributed by atoms with Crippen LogP contribution in [0, 0.1) is 11.8 Å². The van der Waals surface area contributed by atoms with Crippen molar-refractivity contribution in [2.45, 2.75) is 33.2 Å². The Bertz CT molecular complexity index is 791. The highest BCUT2D eigenvalue weighted by Crippen LogP contribution is 2.23. The Balaban J connectivity index is 1.54. The summed E-state index contributed by atoms with van der Waals surface area (Å²) in [5, 5.41) is 0. The van der Waals surface area contributed by atoms with Crippen molar-refractivity contribution in [1.29, 1.82) is 0 Å². The van der Waals surface area contributed by atoms with Gasteiger partial charge in [0.25, 0.3) is 0 Å². The van der Waals surface area contributed by atoms with E-state index in [-0.39, 0.29) is 23.7 Å². The number of carbonyl (C=O) groups is 2. The van der Waals surface area contributed by atoms with Gasteiger partial charge in [0, 0.05) is 38.5 Å². The molecule has 0 aromatic heterocycles. The zero-order chi connectivity index (χ0) is 20.1. The lowest BCUT2D eigenvalue weighted by atomic mass is 9.94. The number of amides is 2. The van der Waals surface area contributed by atoms with E-state index in [2.05, 4.69) is 36.4 Å². The topological polar surface area (TPSA) is 40.6 Å². The van der Waals surface area contributed by atoms with E-state index in [1.54, 1.807) is 0 Å². The lowest BCUT2D eigenvalue weighted by Gasteiger charge is -2.34. The van der Waals surface area contributed by atoms with Gasteiger partial charge < -0.3 is 9.80 Å². The molecule has 1 saturated heterocycles. The second-order valence-electron chi connectivity index (χ2n) is 8.01. The molecule has 28 heavy (non-hydrogen) atoms. The summed E-state index contributed by atoms with van der Waals surface area (Å²) in [7, 11) is 1.87. The minimum atomic E-state index is 0.0183. The molecule has 0 spiro atoms. The molecule has 1 aliphatic heterocycles. The maximum Gasteiger partial charge on any atom is 0.225 e. The molecule has 1 heterocycles. The number of hydrogen-bond acceptors (Lipinski definition) is 2. The van der Waals surface area contributed by atoms with Crippen molar-refractivity contribution in [3.63, 3.8) is 0 Å². The molecule has 2 amide bonds. The Morgan fingerprint density at radius 2 is 1.54 bits per heavy atom. The van der Waals surface area contributed by atoms with Crippen molar-refractivity contribution in [3.8, 4) is 11.1 Å². The second kappa shape index (κ2) is 9.05. The van der Waals surface area contributed by atoms with Crippen LogP contribution in [-0.4, -0.2) is 41.8 Å². The standard InChI is InChI=1S/C24H30N2O2/c1-18(2)23(27)26-15-13-22(14-16-26)24(28)25(3)17-19-9-11-21(12-10-19)20-7-5-4-6-8-20/h4-12,18,22H,13-17H2,1-3H3. The zero-order valence-corrected chi connectivity index (χ0v) is 17.1. The largest absolute Gasteiger partial charge is 0.342 e. The van der Waals surface area contributed by atoms with Crippen molar-refractivity contribution in [1.82, 2.24) is 9.80 Å². The lowest BCUT2D eigenvalue weighted by Crippen LogP contribution is -2.44. The molecular formula is C24H30N2O2. The number of piperidine rings is 1. The van der Waals surface area contributed by atoms with Gasteiger partial charge in [-0.2, -0.15) is 0 Å². The maximum absolute atomic E-state index is 12.8. The first-order valence-electron chi connectivity index (χ1n) is 10.1. The van der Waals surface area contributed by atoms with E-state index < -0.39 is 0 Å². The molecule has 0 bridgehead atoms. The van der Waals surface area contributed by atoms with Crippen molar-refractivity contribution in [2.24, 2.45) is 11.8 Å². The van der Waals surface area contributed by atoms with Crippen LogP contribution in [0.1, 0.15) is 32.3 Å². The third-order valence-corrected chi connectivity index (χ3v) is 5.51. The second-order valence-corrected chi connectivity index (χ2v) is 8.01. The first kappa shape index (κ1) is 20.1. The summed E-state index contributed by atoms with van der Waals surface area (Å²) in [4.78, 5) is 28.7. The van der Waals surface area contributed by atoms with Gasteiger partial charge >= 0.3 is 0 Å². The molecule has 4 heteroatoms. The molecule has 1 fully saturated rings. The summed E-state index contributed by atoms with van der Waals surface area (Å²) >= 11 is 0. The number of likely N-dealkylation sites (tertiary alicyclic amines) is 1. The Morgan fingerprint density at radius 1 is 0.964 bits per heavy atom. The first-order chi connectivity index (χ1) is 13.5. The van der Waals surface area contributed by atoms with Gasteiger partial charge in [-0.25, -0.2) is 0 Å². The monoisotopic (exact) mass is 378 g/mol. The van der Waals surface area contributed by atoms with Gasteiger partial charge in [0.05, 0.1) is 0 Å². The predicted octanol–water partition coefficient (Wildman–Crippen LogP) is 4.21. The molecular weight excluding hydrogens is 348 g/mol. The number of carbonyl (C=O) groups excluding carboxylic acids is 2. The number of hydrogen-bond donors (Lipinski definition) is 0. The van der Waals surface area contributed by atoms with Crippen LogP contribution < -0.4 is 0 Å². The molecule has 0 atom stereocenters. The van der Waals surface area contributed by atoms with Crippen LogP contribution in [0.2, 0.25) is 0 Å². The molecule has 0 N–H and O–H groups in total. The summed E-state index contributed by atoms with van der Waals surface area (Å²) in [6.45, 7) is 5.84. The van der Waals surface area contributed by atoms with Crippen molar-refractivity contribution in [3.05, 3.63) is 60.2 Å². The third-order valence-electron chi connectivity index (χ3n) is 5.51. The van der Waals surface area contributed by atoms with Gasteiger partial charge in [-0.1, -0.05) is 68.4 Å². The summed E-state index contributed by atoms with van der Waals surface area (Å²) in [5.41, 5.74) is 3.50. The SMILES string of the molecule is CC(C)C(=O)N1CCC(C(=O)N(C)Cc2ccc(-c3ccccc3)cc2)CC1. The molecule has 0 aliphatic carbocycles. The van der Waals surface area contributed by atoms with Crippen LogP contribution in [0.25, 0.3) is 11.1 Å². The van der Waals surface area contributed by atoms with Gasteiger partial charge in [0.15, 0.2) is 0 Å². The van der Waals surface area contributed by atoms with E-state index in [0.29, 0.717) is 19.6 Å². The summed E-state index contributed by atoms with van der Waals surface area (Å²) in [6.07, 6.45) is 1.52. The van der Waals surface area contributed by atoms with E-state index in [9.17, 15) is 9.59 Å². The summed E-state index contributed by atoms with van der Waals surface area (Å²) < 4.78 is 0. The molecule has 0 radical (unpaired) electrons. The normalized spacial score (nSPS) is 14.9. The van der Waals surface area contributed by atoms with Gasteiger partial charge in [0.2, 0.25) is 11.8 Å². The lowest BCUT2D eigenvalue weighted by molar-refractivity contribution is -0.141. The molecule has 2 aromatic carbocycles. The first-order valence-corrected chi connectivity index (χ1v) is 10.1. The fourth-order valence-corrected chi connectivity index (χ4v) is 3.81. The third kappa shape index (κ3) is 4.80. The van der Waals surface area contributed by atoms with E-state index in [1.165, 1.54) is 11.1 Å². The van der Waals surface area contributed by atoms with Crippen molar-refractivity contribution in [2.75, 3.05) is 20.1 Å². The summed E-state index contributed by atoms with van der Waals surface area (Å²) in [6, 6.07) is 18.7. The van der Waals surface area contributed by atoms with E-state index in [1.807, 2.05) is 48.9 Å². The fraction of sp³-hybridized carbons (Fsp3) is 0.417. The number of rotatable bonds is 5. The van der Waals surface area contributed by atoms with Crippen LogP contribution in [-0.2, 0) is 16.1 Å². The number of benzene rings is 2. The molecule has 148 valence electrons. The van der Waals surface area contributed by atoms with E-state index in [4.69, 9.17) is 0 Å².